The fraction of sp³-hybridized carbons (Fsp3) is 0.293. The Labute approximate surface area is 328 Å². The summed E-state index contributed by atoms with van der Waals surface area (Å²) in [5.74, 6) is -7.26. The molecule has 0 bridgehead atoms. The lowest BCUT2D eigenvalue weighted by Crippen LogP contribution is -2.53. The first-order valence-electron chi connectivity index (χ1n) is 17.9. The molecule has 56 heavy (non-hydrogen) atoms. The Morgan fingerprint density at radius 3 is 2.30 bits per heavy atom. The second-order valence-corrected chi connectivity index (χ2v) is 15.2. The highest BCUT2D eigenvalue weighted by molar-refractivity contribution is 6.33. The van der Waals surface area contributed by atoms with E-state index in [1.165, 1.54) is 18.1 Å². The molecule has 2 aliphatic heterocycles. The van der Waals surface area contributed by atoms with Crippen LogP contribution < -0.4 is 15.1 Å². The molecule has 15 heteroatoms. The summed E-state index contributed by atoms with van der Waals surface area (Å²) < 4.78 is 46.0. The number of ether oxygens (including phenoxy) is 1. The maximum absolute atomic E-state index is 15.3. The molecule has 4 aromatic rings. The minimum Gasteiger partial charge on any atom is -0.504 e. The zero-order valence-electron chi connectivity index (χ0n) is 29.8. The van der Waals surface area contributed by atoms with Gasteiger partial charge in [0.2, 0.25) is 11.8 Å². The fourth-order valence-electron chi connectivity index (χ4n) is 9.17. The van der Waals surface area contributed by atoms with Gasteiger partial charge in [0, 0.05) is 17.1 Å². The summed E-state index contributed by atoms with van der Waals surface area (Å²) in [6.45, 7) is 2.00. The summed E-state index contributed by atoms with van der Waals surface area (Å²) in [4.78, 5) is 63.9. The van der Waals surface area contributed by atoms with Crippen molar-refractivity contribution in [1.29, 1.82) is 0 Å². The molecule has 0 radical (unpaired) electrons. The number of phenolic OH excluding ortho intramolecular Hbond substituents is 1. The van der Waals surface area contributed by atoms with E-state index < -0.39 is 69.5 Å². The first kappa shape index (κ1) is 37.5. The molecule has 6 unspecified atom stereocenters. The third-order valence-corrected chi connectivity index (χ3v) is 12.2. The van der Waals surface area contributed by atoms with Crippen LogP contribution in [0.5, 0.6) is 11.5 Å². The second-order valence-electron chi connectivity index (χ2n) is 14.4. The van der Waals surface area contributed by atoms with Crippen LogP contribution in [0.1, 0.15) is 47.9 Å². The van der Waals surface area contributed by atoms with E-state index in [-0.39, 0.29) is 36.1 Å². The van der Waals surface area contributed by atoms with Crippen molar-refractivity contribution >= 4 is 58.3 Å². The van der Waals surface area contributed by atoms with Crippen LogP contribution in [0.2, 0.25) is 10.0 Å². The number of hydrogen-bond donors (Lipinski definition) is 2. The van der Waals surface area contributed by atoms with Crippen molar-refractivity contribution in [2.45, 2.75) is 43.7 Å². The standard InChI is InChI=1S/C41H33Cl2F3N4O6/c1-3-20-4-11-25(12-5-20)49-36(52)27-14-13-26-28(33(27)38(49)54)18-29-37(53)50(48-35-30(43)17-23(19-47-35)41(44,45)46)39(55)40(29,22-7-9-24(42)10-8-22)34(26)21-6-15-31(51)32(16-21)56-2/h4-13,15-17,19,27-29,33-34,51H,3,14,18H2,1-2H3,(H,47,48). The average Bonchev–Trinajstić information content (AvgIpc) is 3.56. The molecule has 6 atom stereocenters. The highest BCUT2D eigenvalue weighted by atomic mass is 35.5. The minimum atomic E-state index is -4.75. The number of rotatable bonds is 7. The molecule has 3 aromatic carbocycles. The number of alkyl halides is 3. The number of phenols is 1. The van der Waals surface area contributed by atoms with Gasteiger partial charge in [-0.1, -0.05) is 72.1 Å². The topological polar surface area (TPSA) is 129 Å². The van der Waals surface area contributed by atoms with E-state index in [9.17, 15) is 32.7 Å². The molecule has 2 N–H and O–H groups in total. The molecule has 0 spiro atoms. The number of anilines is 2. The third-order valence-electron chi connectivity index (χ3n) is 11.7. The number of aromatic hydroxyl groups is 1. The molecular weight excluding hydrogens is 772 g/mol. The van der Waals surface area contributed by atoms with Crippen molar-refractivity contribution in [1.82, 2.24) is 9.99 Å². The van der Waals surface area contributed by atoms with Crippen LogP contribution in [0.3, 0.4) is 0 Å². The van der Waals surface area contributed by atoms with Crippen LogP contribution >= 0.6 is 23.2 Å². The molecule has 4 amide bonds. The monoisotopic (exact) mass is 804 g/mol. The Kier molecular flexibility index (Phi) is 9.15. The van der Waals surface area contributed by atoms with E-state index in [1.54, 1.807) is 48.5 Å². The lowest BCUT2D eigenvalue weighted by molar-refractivity contribution is -0.139. The van der Waals surface area contributed by atoms with Crippen molar-refractivity contribution < 1.29 is 42.2 Å². The number of hydrogen-bond acceptors (Lipinski definition) is 8. The van der Waals surface area contributed by atoms with Gasteiger partial charge in [-0.05, 0) is 84.3 Å². The molecule has 3 heterocycles. The molecule has 1 aromatic heterocycles. The van der Waals surface area contributed by atoms with Crippen LogP contribution in [-0.2, 0) is 37.2 Å². The zero-order chi connectivity index (χ0) is 39.8. The number of pyridine rings is 1. The normalized spacial score (nSPS) is 25.8. The number of nitrogens with one attached hydrogen (secondary N) is 1. The van der Waals surface area contributed by atoms with Gasteiger partial charge < -0.3 is 9.84 Å². The van der Waals surface area contributed by atoms with E-state index in [4.69, 9.17) is 27.9 Å². The Morgan fingerprint density at radius 2 is 1.66 bits per heavy atom. The third kappa shape index (κ3) is 5.65. The number of methoxy groups -OCH3 is 1. The van der Waals surface area contributed by atoms with E-state index in [0.29, 0.717) is 39.7 Å². The number of amides is 4. The number of benzene rings is 3. The van der Waals surface area contributed by atoms with Gasteiger partial charge in [0.15, 0.2) is 17.3 Å². The summed E-state index contributed by atoms with van der Waals surface area (Å²) in [7, 11) is 1.37. The highest BCUT2D eigenvalue weighted by Crippen LogP contribution is 2.64. The van der Waals surface area contributed by atoms with Crippen molar-refractivity contribution in [2.75, 3.05) is 17.4 Å². The molecular formula is C41H33Cl2F3N4O6. The van der Waals surface area contributed by atoms with Gasteiger partial charge >= 0.3 is 6.18 Å². The van der Waals surface area contributed by atoms with Gasteiger partial charge in [0.05, 0.1) is 46.6 Å². The number of halogens is 5. The minimum absolute atomic E-state index is 0.0418. The lowest BCUT2D eigenvalue weighted by Gasteiger charge is -2.50. The van der Waals surface area contributed by atoms with Crippen molar-refractivity contribution in [3.05, 3.63) is 123 Å². The summed E-state index contributed by atoms with van der Waals surface area (Å²) in [5, 5.41) is 11.2. The molecule has 8 rings (SSSR count). The van der Waals surface area contributed by atoms with Crippen LogP contribution in [0.4, 0.5) is 24.7 Å². The Balaban J connectivity index is 1.31. The number of carbonyl (C=O) groups excluding carboxylic acids is 4. The Morgan fingerprint density at radius 1 is 0.946 bits per heavy atom. The van der Waals surface area contributed by atoms with Crippen molar-refractivity contribution in [2.24, 2.45) is 23.7 Å². The van der Waals surface area contributed by atoms with Gasteiger partial charge in [-0.3, -0.25) is 29.5 Å². The van der Waals surface area contributed by atoms with Gasteiger partial charge in [0.25, 0.3) is 11.8 Å². The van der Waals surface area contributed by atoms with E-state index in [2.05, 4.69) is 10.4 Å². The van der Waals surface area contributed by atoms with Crippen molar-refractivity contribution in [3.63, 3.8) is 0 Å². The number of fused-ring (bicyclic) bond motifs is 4. The summed E-state index contributed by atoms with van der Waals surface area (Å²) in [6.07, 6.45) is -1.44. The van der Waals surface area contributed by atoms with Crippen LogP contribution in [0.15, 0.2) is 90.6 Å². The summed E-state index contributed by atoms with van der Waals surface area (Å²) in [5.41, 5.74) is 2.71. The van der Waals surface area contributed by atoms with E-state index in [0.717, 1.165) is 17.0 Å². The molecule has 2 aliphatic carbocycles. The number of aryl methyl sites for hydroxylation is 1. The summed E-state index contributed by atoms with van der Waals surface area (Å²) in [6, 6.07) is 18.8. The van der Waals surface area contributed by atoms with Crippen LogP contribution in [0, 0.1) is 23.7 Å². The number of aromatic nitrogens is 1. The zero-order valence-corrected chi connectivity index (χ0v) is 31.3. The average molecular weight is 806 g/mol. The van der Waals surface area contributed by atoms with Gasteiger partial charge in [-0.15, -0.1) is 0 Å². The number of hydrazine groups is 1. The number of carbonyl (C=O) groups is 4. The van der Waals surface area contributed by atoms with Gasteiger partial charge in [-0.25, -0.2) is 4.98 Å². The predicted octanol–water partition coefficient (Wildman–Crippen LogP) is 7.87. The lowest BCUT2D eigenvalue weighted by atomic mass is 9.49. The van der Waals surface area contributed by atoms with Gasteiger partial charge in [-0.2, -0.15) is 18.2 Å². The maximum Gasteiger partial charge on any atom is 0.417 e. The fourth-order valence-corrected chi connectivity index (χ4v) is 9.50. The molecule has 3 fully saturated rings. The summed E-state index contributed by atoms with van der Waals surface area (Å²) >= 11 is 12.6. The predicted molar refractivity (Wildman–Crippen MR) is 200 cm³/mol. The number of allylic oxidation sites excluding steroid dienone is 2. The van der Waals surface area contributed by atoms with E-state index >= 15 is 4.79 Å². The number of nitrogens with zero attached hydrogens (tertiary/aromatic N) is 3. The molecule has 4 aliphatic rings. The maximum atomic E-state index is 15.3. The smallest absolute Gasteiger partial charge is 0.417 e. The van der Waals surface area contributed by atoms with Crippen molar-refractivity contribution in [3.8, 4) is 11.5 Å². The number of imide groups is 2. The van der Waals surface area contributed by atoms with Gasteiger partial charge in [0.1, 0.15) is 0 Å². The molecule has 288 valence electrons. The first-order valence-corrected chi connectivity index (χ1v) is 18.6. The largest absolute Gasteiger partial charge is 0.504 e. The molecule has 2 saturated heterocycles. The second kappa shape index (κ2) is 13.7. The SMILES string of the molecule is CCc1ccc(N2C(=O)C3CC=C4C(CC5C(=O)N(Nc6ncc(C(F)(F)F)cc6Cl)C(=O)C5(c5ccc(Cl)cc5)C4c4ccc(O)c(OC)c4)C3C2=O)cc1. The Hall–Kier alpha value is -5.40. The molecule has 1 saturated carbocycles. The van der Waals surface area contributed by atoms with E-state index in [1.807, 2.05) is 25.1 Å². The first-order chi connectivity index (χ1) is 26.7. The molecule has 10 nitrogen and oxygen atoms in total. The van der Waals surface area contributed by atoms with Crippen LogP contribution in [0.25, 0.3) is 0 Å². The Bertz CT molecular complexity index is 2340. The quantitative estimate of drug-likeness (QED) is 0.143. The van der Waals surface area contributed by atoms with Crippen LogP contribution in [-0.4, -0.2) is 45.8 Å². The highest BCUT2D eigenvalue weighted by Gasteiger charge is 2.70.